The van der Waals surface area contributed by atoms with Gasteiger partial charge in [0.05, 0.1) is 21.8 Å². The molecular formula is C34H44ClN5O4. The van der Waals surface area contributed by atoms with Crippen molar-refractivity contribution in [3.8, 4) is 11.4 Å². The zero-order valence-electron chi connectivity index (χ0n) is 25.9. The van der Waals surface area contributed by atoms with Crippen molar-refractivity contribution in [2.75, 3.05) is 26.7 Å². The van der Waals surface area contributed by atoms with Gasteiger partial charge in [-0.3, -0.25) is 4.79 Å². The third-order valence-electron chi connectivity index (χ3n) is 9.49. The molecule has 0 unspecified atom stereocenters. The highest BCUT2D eigenvalue weighted by Gasteiger charge is 2.44. The molecule has 1 saturated heterocycles. The molecule has 2 aliphatic rings. The second-order valence-electron chi connectivity index (χ2n) is 12.6. The summed E-state index contributed by atoms with van der Waals surface area (Å²) in [6.07, 6.45) is 3.76. The van der Waals surface area contributed by atoms with Gasteiger partial charge < -0.3 is 25.7 Å². The highest BCUT2D eigenvalue weighted by Crippen LogP contribution is 2.45. The zero-order valence-corrected chi connectivity index (χ0v) is 26.6. The van der Waals surface area contributed by atoms with Crippen molar-refractivity contribution in [3.05, 3.63) is 58.7 Å². The Morgan fingerprint density at radius 3 is 2.64 bits per heavy atom. The van der Waals surface area contributed by atoms with Crippen molar-refractivity contribution in [2.24, 2.45) is 11.8 Å². The van der Waals surface area contributed by atoms with Gasteiger partial charge in [0.2, 0.25) is 5.91 Å². The number of fused-ring (bicyclic) bond motifs is 1. The highest BCUT2D eigenvalue weighted by atomic mass is 35.5. The Labute approximate surface area is 264 Å². The summed E-state index contributed by atoms with van der Waals surface area (Å²) in [5, 5.41) is 29.2. The number of hydrogen-bond acceptors (Lipinski definition) is 6. The first-order valence-electron chi connectivity index (χ1n) is 15.8. The van der Waals surface area contributed by atoms with Crippen LogP contribution in [0, 0.1) is 11.8 Å². The molecule has 1 aromatic heterocycles. The van der Waals surface area contributed by atoms with E-state index >= 15 is 0 Å². The molecule has 4 atom stereocenters. The Morgan fingerprint density at radius 2 is 1.91 bits per heavy atom. The molecule has 9 nitrogen and oxygen atoms in total. The smallest absolute Gasteiger partial charge is 0.404 e. The maximum Gasteiger partial charge on any atom is 0.404 e. The van der Waals surface area contributed by atoms with Crippen molar-refractivity contribution in [1.82, 2.24) is 25.5 Å². The SMILES string of the molecule is CN[C@H]1CC[C@@H](C(=O)N2CCC[C@@H]([C@@](O)(CCCNC(=O)O)c3cccc(Cl)c3-c3nc(C(C)C)c4ccccc4n3)C2)C1. The van der Waals surface area contributed by atoms with E-state index in [1.807, 2.05) is 48.3 Å². The van der Waals surface area contributed by atoms with Crippen LogP contribution in [-0.2, 0) is 10.4 Å². The van der Waals surface area contributed by atoms with Crippen LogP contribution in [0.15, 0.2) is 42.5 Å². The van der Waals surface area contributed by atoms with Crippen molar-refractivity contribution in [3.63, 3.8) is 0 Å². The van der Waals surface area contributed by atoms with Crippen molar-refractivity contribution >= 4 is 34.5 Å². The van der Waals surface area contributed by atoms with Gasteiger partial charge in [-0.2, -0.15) is 0 Å². The molecule has 236 valence electrons. The fourth-order valence-corrected chi connectivity index (χ4v) is 7.43. The number of benzene rings is 2. The molecule has 2 amide bonds. The molecule has 10 heteroatoms. The summed E-state index contributed by atoms with van der Waals surface area (Å²) in [5.74, 6) is 0.440. The number of carboxylic acid groups (broad SMARTS) is 1. The Balaban J connectivity index is 1.56. The number of piperidine rings is 1. The fourth-order valence-electron chi connectivity index (χ4n) is 7.17. The molecule has 1 aliphatic carbocycles. The number of aromatic nitrogens is 2. The molecule has 2 fully saturated rings. The predicted octanol–water partition coefficient (Wildman–Crippen LogP) is 5.94. The van der Waals surface area contributed by atoms with Crippen LogP contribution >= 0.6 is 11.6 Å². The zero-order chi connectivity index (χ0) is 31.4. The average Bonchev–Trinajstić information content (AvgIpc) is 3.51. The van der Waals surface area contributed by atoms with E-state index in [4.69, 9.17) is 21.6 Å². The quantitative estimate of drug-likeness (QED) is 0.206. The van der Waals surface area contributed by atoms with Crippen LogP contribution in [0.1, 0.15) is 76.0 Å². The van der Waals surface area contributed by atoms with E-state index in [0.29, 0.717) is 47.5 Å². The van der Waals surface area contributed by atoms with Gasteiger partial charge in [0.15, 0.2) is 5.82 Å². The van der Waals surface area contributed by atoms with Gasteiger partial charge in [-0.05, 0) is 75.6 Å². The first-order valence-corrected chi connectivity index (χ1v) is 16.2. The summed E-state index contributed by atoms with van der Waals surface area (Å²) in [6.45, 7) is 5.47. The van der Waals surface area contributed by atoms with Gasteiger partial charge >= 0.3 is 6.09 Å². The Hall–Kier alpha value is -3.27. The largest absolute Gasteiger partial charge is 0.465 e. The van der Waals surface area contributed by atoms with E-state index in [0.717, 1.165) is 48.7 Å². The molecular weight excluding hydrogens is 578 g/mol. The third-order valence-corrected chi connectivity index (χ3v) is 9.81. The monoisotopic (exact) mass is 621 g/mol. The number of nitrogens with one attached hydrogen (secondary N) is 2. The Kier molecular flexibility index (Phi) is 10.1. The maximum atomic E-state index is 13.7. The van der Waals surface area contributed by atoms with Crippen molar-refractivity contribution in [1.29, 1.82) is 0 Å². The molecule has 1 aliphatic heterocycles. The Bertz CT molecular complexity index is 1500. The molecule has 4 N–H and O–H groups in total. The van der Waals surface area contributed by atoms with Gasteiger partial charge in [0.1, 0.15) is 0 Å². The van der Waals surface area contributed by atoms with E-state index < -0.39 is 11.7 Å². The second kappa shape index (κ2) is 13.8. The molecule has 2 heterocycles. The highest BCUT2D eigenvalue weighted by molar-refractivity contribution is 6.33. The van der Waals surface area contributed by atoms with Crippen LogP contribution in [0.5, 0.6) is 0 Å². The van der Waals surface area contributed by atoms with E-state index in [1.165, 1.54) is 0 Å². The normalized spacial score (nSPS) is 21.9. The molecule has 0 bridgehead atoms. The van der Waals surface area contributed by atoms with Gasteiger partial charge in [-0.25, -0.2) is 14.8 Å². The minimum Gasteiger partial charge on any atom is -0.465 e. The number of carbonyl (C=O) groups is 2. The van der Waals surface area contributed by atoms with E-state index in [2.05, 4.69) is 24.5 Å². The third kappa shape index (κ3) is 6.70. The fraction of sp³-hybridized carbons (Fsp3) is 0.529. The number of amides is 2. The molecule has 0 radical (unpaired) electrons. The summed E-state index contributed by atoms with van der Waals surface area (Å²) < 4.78 is 0. The molecule has 44 heavy (non-hydrogen) atoms. The topological polar surface area (TPSA) is 128 Å². The van der Waals surface area contributed by atoms with Crippen molar-refractivity contribution < 1.29 is 19.8 Å². The number of aliphatic hydroxyl groups is 1. The summed E-state index contributed by atoms with van der Waals surface area (Å²) in [5.41, 5.74) is 1.48. The second-order valence-corrected chi connectivity index (χ2v) is 13.1. The molecule has 2 aromatic carbocycles. The van der Waals surface area contributed by atoms with Crippen LogP contribution in [0.3, 0.4) is 0 Å². The van der Waals surface area contributed by atoms with Crippen LogP contribution in [-0.4, -0.2) is 69.8 Å². The lowest BCUT2D eigenvalue weighted by Gasteiger charge is -2.44. The van der Waals surface area contributed by atoms with Crippen LogP contribution in [0.2, 0.25) is 5.02 Å². The summed E-state index contributed by atoms with van der Waals surface area (Å²) in [7, 11) is 1.94. The van der Waals surface area contributed by atoms with Crippen LogP contribution in [0.4, 0.5) is 4.79 Å². The first-order chi connectivity index (χ1) is 21.1. The number of rotatable bonds is 10. The van der Waals surface area contributed by atoms with Gasteiger partial charge in [-0.15, -0.1) is 0 Å². The Morgan fingerprint density at radius 1 is 1.11 bits per heavy atom. The van der Waals surface area contributed by atoms with E-state index in [1.54, 1.807) is 6.07 Å². The summed E-state index contributed by atoms with van der Waals surface area (Å²) in [4.78, 5) is 36.8. The van der Waals surface area contributed by atoms with Crippen molar-refractivity contribution in [2.45, 2.75) is 76.4 Å². The van der Waals surface area contributed by atoms with E-state index in [9.17, 15) is 19.8 Å². The lowest BCUT2D eigenvalue weighted by Crippen LogP contribution is -2.49. The molecule has 3 aromatic rings. The number of para-hydroxylation sites is 1. The van der Waals surface area contributed by atoms with Gasteiger partial charge in [0.25, 0.3) is 0 Å². The number of likely N-dealkylation sites (tertiary alicyclic amines) is 1. The first kappa shape index (κ1) is 32.1. The molecule has 1 saturated carbocycles. The minimum absolute atomic E-state index is 0.0127. The standard InChI is InChI=1S/C34H44ClN5O4/c1-21(2)30-25-10-4-5-13-28(25)38-31(39-30)29-26(11-6-12-27(29)35)34(44,16-8-17-37-33(42)43)23-9-7-18-40(20-23)32(41)22-14-15-24(19-22)36-3/h4-6,10-13,21-24,36-37,44H,7-9,14-20H2,1-3H3,(H,42,43)/t22-,23-,24+,34+/m1/s1. The molecule has 5 rings (SSSR count). The molecule has 0 spiro atoms. The maximum absolute atomic E-state index is 13.7. The number of halogens is 1. The van der Waals surface area contributed by atoms with Gasteiger partial charge in [-0.1, -0.05) is 55.8 Å². The van der Waals surface area contributed by atoms with Gasteiger partial charge in [0, 0.05) is 48.5 Å². The predicted molar refractivity (Wildman–Crippen MR) is 173 cm³/mol. The average molecular weight is 622 g/mol. The lowest BCUT2D eigenvalue weighted by molar-refractivity contribution is -0.140. The number of nitrogens with zero attached hydrogens (tertiary/aromatic N) is 3. The summed E-state index contributed by atoms with van der Waals surface area (Å²) in [6, 6.07) is 13.7. The number of hydrogen-bond donors (Lipinski definition) is 4. The minimum atomic E-state index is -1.41. The van der Waals surface area contributed by atoms with E-state index in [-0.39, 0.29) is 36.6 Å². The van der Waals surface area contributed by atoms with Crippen LogP contribution in [0.25, 0.3) is 22.3 Å². The lowest BCUT2D eigenvalue weighted by atomic mass is 9.72. The number of carbonyl (C=O) groups excluding carboxylic acids is 1. The van der Waals surface area contributed by atoms with Crippen LogP contribution < -0.4 is 10.6 Å². The summed E-state index contributed by atoms with van der Waals surface area (Å²) >= 11 is 6.94.